The molecule has 0 aromatic heterocycles. The first kappa shape index (κ1) is 17.1. The highest BCUT2D eigenvalue weighted by molar-refractivity contribution is 6.32. The van der Waals surface area contributed by atoms with Crippen LogP contribution in [-0.2, 0) is 0 Å². The van der Waals surface area contributed by atoms with Gasteiger partial charge in [0.25, 0.3) is 0 Å². The molecule has 0 aliphatic carbocycles. The largest absolute Gasteiger partial charge is 0.456 e. The van der Waals surface area contributed by atoms with Gasteiger partial charge in [0.05, 0.1) is 5.02 Å². The summed E-state index contributed by atoms with van der Waals surface area (Å²) in [5, 5.41) is 0.624. The van der Waals surface area contributed by atoms with Gasteiger partial charge in [-0.15, -0.1) is 0 Å². The van der Waals surface area contributed by atoms with Crippen molar-refractivity contribution in [1.82, 2.24) is 4.90 Å². The van der Waals surface area contributed by atoms with Crippen molar-refractivity contribution in [3.05, 3.63) is 65.2 Å². The summed E-state index contributed by atoms with van der Waals surface area (Å²) in [5.41, 5.74) is 2.54. The summed E-state index contributed by atoms with van der Waals surface area (Å²) in [6.07, 6.45) is 6.38. The highest BCUT2D eigenvalue weighted by atomic mass is 35.5. The lowest BCUT2D eigenvalue weighted by Crippen LogP contribution is -2.29. The van der Waals surface area contributed by atoms with E-state index >= 15 is 0 Å². The number of halogens is 1. The lowest BCUT2D eigenvalue weighted by Gasteiger charge is -2.25. The Morgan fingerprint density at radius 1 is 1.04 bits per heavy atom. The second kappa shape index (κ2) is 8.36. The Morgan fingerprint density at radius 2 is 1.75 bits per heavy atom. The van der Waals surface area contributed by atoms with Crippen LogP contribution in [0.1, 0.15) is 31.7 Å². The van der Waals surface area contributed by atoms with Gasteiger partial charge in [-0.25, -0.2) is 0 Å². The standard InChI is InChI=1S/C21H24ClNO/c1-17(13-16-23-14-5-2-6-15-23)18-9-11-19(12-10-18)24-21-8-4-3-7-20(21)22/h3-4,7-13H,2,5-6,14-16H2,1H3. The average molecular weight is 342 g/mol. The lowest BCUT2D eigenvalue weighted by atomic mass is 10.1. The second-order valence-corrected chi connectivity index (χ2v) is 6.71. The van der Waals surface area contributed by atoms with E-state index in [2.05, 4.69) is 30.0 Å². The van der Waals surface area contributed by atoms with Gasteiger partial charge in [0.1, 0.15) is 11.5 Å². The van der Waals surface area contributed by atoms with E-state index in [0.29, 0.717) is 10.8 Å². The first-order valence-corrected chi connectivity index (χ1v) is 9.02. The van der Waals surface area contributed by atoms with Gasteiger partial charge in [-0.2, -0.15) is 0 Å². The van der Waals surface area contributed by atoms with Crippen molar-refractivity contribution in [1.29, 1.82) is 0 Å². The number of piperidine rings is 1. The number of hydrogen-bond donors (Lipinski definition) is 0. The summed E-state index contributed by atoms with van der Waals surface area (Å²) in [5.74, 6) is 1.49. The third kappa shape index (κ3) is 4.62. The smallest absolute Gasteiger partial charge is 0.146 e. The predicted octanol–water partition coefficient (Wildman–Crippen LogP) is 6.02. The quantitative estimate of drug-likeness (QED) is 0.659. The molecule has 0 bridgehead atoms. The zero-order valence-corrected chi connectivity index (χ0v) is 14.9. The molecule has 0 N–H and O–H groups in total. The third-order valence-electron chi connectivity index (χ3n) is 4.48. The van der Waals surface area contributed by atoms with Gasteiger partial charge in [0.2, 0.25) is 0 Å². The van der Waals surface area contributed by atoms with Gasteiger partial charge in [-0.3, -0.25) is 4.90 Å². The van der Waals surface area contributed by atoms with Crippen LogP contribution in [0.4, 0.5) is 0 Å². The van der Waals surface area contributed by atoms with Crippen molar-refractivity contribution in [2.45, 2.75) is 26.2 Å². The zero-order chi connectivity index (χ0) is 16.8. The Labute approximate surface area is 149 Å². The van der Waals surface area contributed by atoms with Gasteiger partial charge in [0, 0.05) is 6.54 Å². The van der Waals surface area contributed by atoms with Crippen LogP contribution in [0.2, 0.25) is 5.02 Å². The number of likely N-dealkylation sites (tertiary alicyclic amines) is 1. The molecule has 2 aromatic carbocycles. The number of para-hydroxylation sites is 1. The van der Waals surface area contributed by atoms with Crippen molar-refractivity contribution in [3.63, 3.8) is 0 Å². The van der Waals surface area contributed by atoms with Crippen LogP contribution in [0, 0.1) is 0 Å². The molecule has 1 heterocycles. The van der Waals surface area contributed by atoms with Crippen LogP contribution >= 0.6 is 11.6 Å². The van der Waals surface area contributed by atoms with E-state index < -0.39 is 0 Å². The molecule has 1 saturated heterocycles. The number of rotatable bonds is 5. The fourth-order valence-corrected chi connectivity index (χ4v) is 3.14. The molecule has 24 heavy (non-hydrogen) atoms. The van der Waals surface area contributed by atoms with Crippen molar-refractivity contribution in [3.8, 4) is 11.5 Å². The maximum Gasteiger partial charge on any atom is 0.146 e. The molecule has 0 radical (unpaired) electrons. The Balaban J connectivity index is 1.62. The first-order chi connectivity index (χ1) is 11.7. The molecule has 0 saturated carbocycles. The fraction of sp³-hybridized carbons (Fsp3) is 0.333. The summed E-state index contributed by atoms with van der Waals surface area (Å²) in [6.45, 7) is 5.68. The normalized spacial score (nSPS) is 16.2. The summed E-state index contributed by atoms with van der Waals surface area (Å²) in [7, 11) is 0. The molecular formula is C21H24ClNO. The number of benzene rings is 2. The molecular weight excluding hydrogens is 318 g/mol. The Bertz CT molecular complexity index is 687. The molecule has 1 aliphatic heterocycles. The Hall–Kier alpha value is -1.77. The minimum absolute atomic E-state index is 0.624. The van der Waals surface area contributed by atoms with Crippen LogP contribution in [0.25, 0.3) is 5.57 Å². The maximum atomic E-state index is 6.13. The number of ether oxygens (including phenoxy) is 1. The first-order valence-electron chi connectivity index (χ1n) is 8.64. The summed E-state index contributed by atoms with van der Waals surface area (Å²) in [6, 6.07) is 15.7. The maximum absolute atomic E-state index is 6.13. The Morgan fingerprint density at radius 3 is 2.46 bits per heavy atom. The molecule has 3 rings (SSSR count). The van der Waals surface area contributed by atoms with E-state index in [1.54, 1.807) is 0 Å². The molecule has 0 spiro atoms. The molecule has 0 amide bonds. The highest BCUT2D eigenvalue weighted by Crippen LogP contribution is 2.29. The summed E-state index contributed by atoms with van der Waals surface area (Å²) in [4.78, 5) is 2.53. The van der Waals surface area contributed by atoms with Gasteiger partial charge in [-0.05, 0) is 68.3 Å². The van der Waals surface area contributed by atoms with Crippen molar-refractivity contribution < 1.29 is 4.74 Å². The van der Waals surface area contributed by atoms with Crippen molar-refractivity contribution in [2.24, 2.45) is 0 Å². The molecule has 3 heteroatoms. The van der Waals surface area contributed by atoms with Gasteiger partial charge < -0.3 is 4.74 Å². The van der Waals surface area contributed by atoms with Crippen molar-refractivity contribution in [2.75, 3.05) is 19.6 Å². The van der Waals surface area contributed by atoms with E-state index in [1.807, 2.05) is 36.4 Å². The van der Waals surface area contributed by atoms with E-state index in [1.165, 1.54) is 43.5 Å². The molecule has 2 aromatic rings. The fourth-order valence-electron chi connectivity index (χ4n) is 2.97. The van der Waals surface area contributed by atoms with Crippen LogP contribution in [0.15, 0.2) is 54.6 Å². The Kier molecular flexibility index (Phi) is 5.95. The van der Waals surface area contributed by atoms with Crippen LogP contribution in [0.3, 0.4) is 0 Å². The van der Waals surface area contributed by atoms with E-state index in [0.717, 1.165) is 12.3 Å². The number of hydrogen-bond acceptors (Lipinski definition) is 2. The number of allylic oxidation sites excluding steroid dienone is 1. The van der Waals surface area contributed by atoms with Gasteiger partial charge >= 0.3 is 0 Å². The van der Waals surface area contributed by atoms with Crippen LogP contribution < -0.4 is 4.74 Å². The van der Waals surface area contributed by atoms with E-state index in [4.69, 9.17) is 16.3 Å². The minimum atomic E-state index is 0.624. The monoisotopic (exact) mass is 341 g/mol. The van der Waals surface area contributed by atoms with Gasteiger partial charge in [-0.1, -0.05) is 48.4 Å². The molecule has 1 aliphatic rings. The molecule has 0 unspecified atom stereocenters. The molecule has 1 fully saturated rings. The average Bonchev–Trinajstić information content (AvgIpc) is 2.63. The van der Waals surface area contributed by atoms with E-state index in [-0.39, 0.29) is 0 Å². The summed E-state index contributed by atoms with van der Waals surface area (Å²) >= 11 is 6.13. The SMILES string of the molecule is CC(=CCN1CCCCC1)c1ccc(Oc2ccccc2Cl)cc1. The minimum Gasteiger partial charge on any atom is -0.456 e. The topological polar surface area (TPSA) is 12.5 Å². The van der Waals surface area contributed by atoms with Gasteiger partial charge in [0.15, 0.2) is 0 Å². The zero-order valence-electron chi connectivity index (χ0n) is 14.2. The lowest BCUT2D eigenvalue weighted by molar-refractivity contribution is 0.251. The van der Waals surface area contributed by atoms with Crippen molar-refractivity contribution >= 4 is 17.2 Å². The second-order valence-electron chi connectivity index (χ2n) is 6.31. The predicted molar refractivity (Wildman–Crippen MR) is 102 cm³/mol. The van der Waals surface area contributed by atoms with Crippen LogP contribution in [-0.4, -0.2) is 24.5 Å². The third-order valence-corrected chi connectivity index (χ3v) is 4.79. The van der Waals surface area contributed by atoms with Crippen LogP contribution in [0.5, 0.6) is 11.5 Å². The molecule has 0 atom stereocenters. The molecule has 126 valence electrons. The number of nitrogens with zero attached hydrogens (tertiary/aromatic N) is 1. The summed E-state index contributed by atoms with van der Waals surface area (Å²) < 4.78 is 5.84. The highest BCUT2D eigenvalue weighted by Gasteiger charge is 2.08. The van der Waals surface area contributed by atoms with E-state index in [9.17, 15) is 0 Å². The molecule has 2 nitrogen and oxygen atoms in total.